The molecule has 0 heterocycles. The van der Waals surface area contributed by atoms with Crippen molar-refractivity contribution < 1.29 is 52.1 Å². The van der Waals surface area contributed by atoms with Crippen molar-refractivity contribution in [1.82, 2.24) is 5.32 Å². The fraction of sp³-hybridized carbons (Fsp3) is 0.300. The summed E-state index contributed by atoms with van der Waals surface area (Å²) in [7, 11) is 3.04. The van der Waals surface area contributed by atoms with Crippen molar-refractivity contribution in [3.8, 4) is 118 Å². The van der Waals surface area contributed by atoms with Gasteiger partial charge in [0.05, 0.1) is 18.8 Å². The first-order chi connectivity index (χ1) is 17.1. The molecule has 1 saturated carbocycles. The van der Waals surface area contributed by atoms with Crippen LogP contribution in [0.3, 0.4) is 0 Å². The van der Waals surface area contributed by atoms with Crippen LogP contribution >= 0.6 is 0 Å². The van der Waals surface area contributed by atoms with E-state index in [0.29, 0.717) is 13.0 Å². The van der Waals surface area contributed by atoms with Gasteiger partial charge in [-0.15, -0.1) is 0 Å². The Morgan fingerprint density at radius 1 is 0.778 bits per heavy atom. The summed E-state index contributed by atoms with van der Waals surface area (Å²) in [6.45, 7) is 2.06. The third-order valence-electron chi connectivity index (χ3n) is 4.11. The maximum Gasteiger partial charge on any atom is 0.297 e. The quantitative estimate of drug-likeness (QED) is 0.470. The molecule has 0 aromatic heterocycles. The Morgan fingerprint density at radius 2 is 1.19 bits per heavy atom. The van der Waals surface area contributed by atoms with Crippen molar-refractivity contribution in [3.05, 3.63) is 0 Å². The fourth-order valence-electron chi connectivity index (χ4n) is 2.79. The van der Waals surface area contributed by atoms with E-state index >= 15 is 0 Å². The smallest absolute Gasteiger partial charge is 0.297 e. The van der Waals surface area contributed by atoms with Gasteiger partial charge in [0.2, 0.25) is 0 Å². The van der Waals surface area contributed by atoms with Crippen LogP contribution in [-0.4, -0.2) is 50.1 Å². The van der Waals surface area contributed by atoms with Gasteiger partial charge in [-0.2, -0.15) is 0 Å². The van der Waals surface area contributed by atoms with Gasteiger partial charge in [-0.05, 0) is 108 Å². The van der Waals surface area contributed by atoms with Crippen LogP contribution < -0.4 is 5.32 Å². The number of carbonyl (C=O) groups is 1. The summed E-state index contributed by atoms with van der Waals surface area (Å²) >= 11 is 0. The van der Waals surface area contributed by atoms with Crippen molar-refractivity contribution >= 4 is 5.91 Å². The van der Waals surface area contributed by atoms with E-state index in [1.165, 1.54) is 7.11 Å². The summed E-state index contributed by atoms with van der Waals surface area (Å²) < 4.78 is 10.4. The average molecular weight is 546 g/mol. The molecule has 1 rings (SSSR count). The number of hydrogen-bond acceptors (Lipinski definition) is 4. The third-order valence-corrected chi connectivity index (χ3v) is 4.11. The van der Waals surface area contributed by atoms with Gasteiger partial charge in [-0.1, -0.05) is 5.92 Å². The number of rotatable bonds is 4. The molecule has 1 unspecified atom stereocenters. The minimum Gasteiger partial charge on any atom is -0.390 e. The molecule has 4 atom stereocenters. The van der Waals surface area contributed by atoms with Crippen LogP contribution in [0.1, 0.15) is 13.3 Å². The zero-order valence-corrected chi connectivity index (χ0v) is 22.8. The van der Waals surface area contributed by atoms with Gasteiger partial charge >= 0.3 is 0 Å². The normalized spacial score (nSPS) is 17.0. The second-order valence-electron chi connectivity index (χ2n) is 6.35. The van der Waals surface area contributed by atoms with Crippen LogP contribution in [0.5, 0.6) is 0 Å². The van der Waals surface area contributed by atoms with E-state index < -0.39 is 18.1 Å². The van der Waals surface area contributed by atoms with Gasteiger partial charge in [0.15, 0.2) is 0 Å². The Kier molecular flexibility index (Phi) is 19.2. The monoisotopic (exact) mass is 546 g/mol. The first-order valence-corrected chi connectivity index (χ1v) is 10.1. The van der Waals surface area contributed by atoms with Crippen LogP contribution in [-0.2, 0) is 47.0 Å². The predicted octanol–water partition coefficient (Wildman–Crippen LogP) is -0.435. The molecule has 0 spiro atoms. The molecule has 0 aromatic rings. The van der Waals surface area contributed by atoms with Crippen molar-refractivity contribution in [2.75, 3.05) is 20.8 Å². The molecule has 0 saturated heterocycles. The fourth-order valence-corrected chi connectivity index (χ4v) is 2.79. The Morgan fingerprint density at radius 3 is 1.58 bits per heavy atom. The molecule has 1 fully saturated rings. The van der Waals surface area contributed by atoms with E-state index in [4.69, 9.17) is 9.47 Å². The topological polar surface area (TPSA) is 67.8 Å². The standard InChI is InChI=1S/C30H19NO4.Y/c1-4-5-6-7-8-9-10-11-12-13-14-15-16-17-18-19-20-21-22-23-28(32)31-27-24-26(25-34-2)29(33)30(27)35-3;/h26-27,29-30,33H,24-25H2,1-3H3,(H,31,32);/t26-,27+,29+,30?;/m1./s1. The summed E-state index contributed by atoms with van der Waals surface area (Å²) in [6, 6.07) is -0.364. The van der Waals surface area contributed by atoms with E-state index in [-0.39, 0.29) is 44.7 Å². The summed E-state index contributed by atoms with van der Waals surface area (Å²) in [5.41, 5.74) is 0. The second-order valence-corrected chi connectivity index (χ2v) is 6.35. The van der Waals surface area contributed by atoms with Crippen LogP contribution in [0, 0.1) is 124 Å². The van der Waals surface area contributed by atoms with E-state index in [1.807, 2.05) is 0 Å². The number of aliphatic hydroxyl groups excluding tert-OH is 1. The zero-order valence-electron chi connectivity index (χ0n) is 20.0. The van der Waals surface area contributed by atoms with Gasteiger partial charge in [-0.25, -0.2) is 0 Å². The average Bonchev–Trinajstić information content (AvgIpc) is 3.14. The Labute approximate surface area is 238 Å². The predicted molar refractivity (Wildman–Crippen MR) is 132 cm³/mol. The molecule has 171 valence electrons. The third kappa shape index (κ3) is 14.3. The maximum atomic E-state index is 12.0. The molecule has 2 N–H and O–H groups in total. The van der Waals surface area contributed by atoms with Crippen molar-refractivity contribution in [2.24, 2.45) is 5.92 Å². The van der Waals surface area contributed by atoms with Gasteiger partial charge in [0.1, 0.15) is 6.10 Å². The zero-order chi connectivity index (χ0) is 25.6. The van der Waals surface area contributed by atoms with Crippen LogP contribution in [0.15, 0.2) is 0 Å². The minimum absolute atomic E-state index is 0. The summed E-state index contributed by atoms with van der Waals surface area (Å²) in [4.78, 5) is 12.0. The SMILES string of the molecule is CC#CC#CC#CC#CC#CC#CC#CC#CC#CC#CC(=O)N[C@H]1C[C@H](COC)[C@H](O)C1OC.[Y]. The number of aliphatic hydroxyl groups is 1. The Hall–Kier alpha value is -3.95. The molecule has 6 heteroatoms. The largest absolute Gasteiger partial charge is 0.390 e. The van der Waals surface area contributed by atoms with E-state index in [0.717, 1.165) is 0 Å². The van der Waals surface area contributed by atoms with Crippen molar-refractivity contribution in [2.45, 2.75) is 31.6 Å². The van der Waals surface area contributed by atoms with E-state index in [1.54, 1.807) is 14.0 Å². The van der Waals surface area contributed by atoms with Crippen molar-refractivity contribution in [3.63, 3.8) is 0 Å². The molecular weight excluding hydrogens is 527 g/mol. The van der Waals surface area contributed by atoms with E-state index in [9.17, 15) is 9.90 Å². The molecule has 0 aliphatic heterocycles. The number of amides is 1. The van der Waals surface area contributed by atoms with Crippen LogP contribution in [0.25, 0.3) is 0 Å². The second kappa shape index (κ2) is 21.6. The number of methoxy groups -OCH3 is 2. The first-order valence-electron chi connectivity index (χ1n) is 10.1. The first kappa shape index (κ1) is 32.1. The molecular formula is C30H19NO4Y. The minimum atomic E-state index is -0.725. The van der Waals surface area contributed by atoms with Crippen LogP contribution in [0.2, 0.25) is 0 Å². The van der Waals surface area contributed by atoms with Gasteiger partial charge < -0.3 is 19.9 Å². The van der Waals surface area contributed by atoms with Crippen molar-refractivity contribution in [1.29, 1.82) is 0 Å². The number of carbonyl (C=O) groups excluding carboxylic acids is 1. The van der Waals surface area contributed by atoms with E-state index in [2.05, 4.69) is 124 Å². The molecule has 5 nitrogen and oxygen atoms in total. The van der Waals surface area contributed by atoms with Gasteiger partial charge in [0.25, 0.3) is 5.91 Å². The molecule has 1 radical (unpaired) electrons. The molecule has 36 heavy (non-hydrogen) atoms. The Bertz CT molecular complexity index is 1430. The summed E-state index contributed by atoms with van der Waals surface area (Å²) in [5.74, 6) is 49.2. The Balaban J connectivity index is 0.0000122. The molecule has 1 aliphatic rings. The van der Waals surface area contributed by atoms with Crippen LogP contribution in [0.4, 0.5) is 0 Å². The van der Waals surface area contributed by atoms with Gasteiger partial charge in [0, 0.05) is 70.6 Å². The maximum absolute atomic E-state index is 12.0. The molecule has 1 aliphatic carbocycles. The summed E-state index contributed by atoms with van der Waals surface area (Å²) in [6.07, 6.45) is -0.723. The van der Waals surface area contributed by atoms with Gasteiger partial charge in [-0.3, -0.25) is 4.79 Å². The number of hydrogen-bond donors (Lipinski definition) is 2. The molecule has 1 amide bonds. The number of nitrogens with one attached hydrogen (secondary N) is 1. The number of ether oxygens (including phenoxy) is 2. The molecule has 0 aromatic carbocycles. The summed E-state index contributed by atoms with van der Waals surface area (Å²) in [5, 5.41) is 13.0. The molecule has 0 bridgehead atoms.